The van der Waals surface area contributed by atoms with Crippen LogP contribution < -0.4 is 10.6 Å². The van der Waals surface area contributed by atoms with E-state index in [1.807, 2.05) is 0 Å². The van der Waals surface area contributed by atoms with Gasteiger partial charge in [0, 0.05) is 12.2 Å². The molecule has 7 heteroatoms. The van der Waals surface area contributed by atoms with E-state index in [1.165, 1.54) is 0 Å². The number of benzene rings is 1. The number of rotatable bonds is 2. The molecule has 1 aliphatic heterocycles. The number of halogens is 4. The van der Waals surface area contributed by atoms with E-state index in [9.17, 15) is 22.4 Å². The highest BCUT2D eigenvalue weighted by Crippen LogP contribution is 2.33. The van der Waals surface area contributed by atoms with E-state index in [4.69, 9.17) is 0 Å². The molecule has 1 amide bonds. The Morgan fingerprint density at radius 1 is 1.40 bits per heavy atom. The normalized spacial score (nSPS) is 22.9. The summed E-state index contributed by atoms with van der Waals surface area (Å²) in [7, 11) is 0. The van der Waals surface area contributed by atoms with Crippen molar-refractivity contribution in [3.63, 3.8) is 0 Å². The minimum absolute atomic E-state index is 0.0585. The standard InChI is InChI=1S/C13H14F4N2O/c1-12(4-5-18-7-12)11(20)19-8-2-3-10(14)9(6-8)13(15,16)17/h2-3,6,18H,4-5,7H2,1H3,(H,19,20). The van der Waals surface area contributed by atoms with Gasteiger partial charge in [-0.25, -0.2) is 4.39 Å². The van der Waals surface area contributed by atoms with Gasteiger partial charge in [-0.3, -0.25) is 4.79 Å². The van der Waals surface area contributed by atoms with Crippen molar-refractivity contribution in [3.05, 3.63) is 29.6 Å². The van der Waals surface area contributed by atoms with Crippen molar-refractivity contribution < 1.29 is 22.4 Å². The fraction of sp³-hybridized carbons (Fsp3) is 0.462. The second kappa shape index (κ2) is 5.05. The Hall–Kier alpha value is -1.63. The van der Waals surface area contributed by atoms with Crippen molar-refractivity contribution in [3.8, 4) is 0 Å². The van der Waals surface area contributed by atoms with Crippen LogP contribution in [0.15, 0.2) is 18.2 Å². The Bertz CT molecular complexity index is 522. The fourth-order valence-corrected chi connectivity index (χ4v) is 2.11. The maximum absolute atomic E-state index is 13.1. The van der Waals surface area contributed by atoms with Crippen molar-refractivity contribution >= 4 is 11.6 Å². The second-order valence-corrected chi connectivity index (χ2v) is 5.13. The topological polar surface area (TPSA) is 41.1 Å². The molecule has 1 heterocycles. The summed E-state index contributed by atoms with van der Waals surface area (Å²) in [4.78, 5) is 12.1. The molecule has 0 radical (unpaired) electrons. The van der Waals surface area contributed by atoms with Crippen LogP contribution in [0.2, 0.25) is 0 Å². The molecule has 2 rings (SSSR count). The van der Waals surface area contributed by atoms with Crippen LogP contribution in [-0.2, 0) is 11.0 Å². The average Bonchev–Trinajstić information content (AvgIpc) is 2.78. The van der Waals surface area contributed by atoms with Gasteiger partial charge in [0.25, 0.3) is 0 Å². The van der Waals surface area contributed by atoms with Crippen LogP contribution in [-0.4, -0.2) is 19.0 Å². The third-order valence-corrected chi connectivity index (χ3v) is 3.45. The molecule has 110 valence electrons. The number of hydrogen-bond acceptors (Lipinski definition) is 2. The van der Waals surface area contributed by atoms with Gasteiger partial charge in [0.15, 0.2) is 0 Å². The van der Waals surface area contributed by atoms with Gasteiger partial charge in [0.05, 0.1) is 11.0 Å². The average molecular weight is 290 g/mol. The molecule has 1 fully saturated rings. The van der Waals surface area contributed by atoms with Crippen LogP contribution >= 0.6 is 0 Å². The molecule has 0 bridgehead atoms. The monoisotopic (exact) mass is 290 g/mol. The van der Waals surface area contributed by atoms with E-state index in [2.05, 4.69) is 10.6 Å². The van der Waals surface area contributed by atoms with Crippen LogP contribution in [0.4, 0.5) is 23.2 Å². The van der Waals surface area contributed by atoms with Gasteiger partial charge in [-0.15, -0.1) is 0 Å². The molecule has 1 atom stereocenters. The number of carbonyl (C=O) groups is 1. The largest absolute Gasteiger partial charge is 0.419 e. The quantitative estimate of drug-likeness (QED) is 0.822. The molecule has 2 N–H and O–H groups in total. The first-order valence-corrected chi connectivity index (χ1v) is 6.11. The predicted molar refractivity (Wildman–Crippen MR) is 65.6 cm³/mol. The number of carbonyl (C=O) groups excluding carboxylic acids is 1. The molecule has 0 saturated carbocycles. The number of hydrogen-bond donors (Lipinski definition) is 2. The van der Waals surface area contributed by atoms with Gasteiger partial charge in [0.1, 0.15) is 5.82 Å². The zero-order chi connectivity index (χ0) is 15.0. The summed E-state index contributed by atoms with van der Waals surface area (Å²) in [6.07, 6.45) is -4.18. The summed E-state index contributed by atoms with van der Waals surface area (Å²) in [6, 6.07) is 2.43. The third kappa shape index (κ3) is 2.92. The van der Waals surface area contributed by atoms with Crippen LogP contribution in [0.5, 0.6) is 0 Å². The summed E-state index contributed by atoms with van der Waals surface area (Å²) in [5, 5.41) is 5.44. The van der Waals surface area contributed by atoms with Crippen LogP contribution in [0, 0.1) is 11.2 Å². The van der Waals surface area contributed by atoms with Crippen molar-refractivity contribution in [2.24, 2.45) is 5.41 Å². The van der Waals surface area contributed by atoms with E-state index in [1.54, 1.807) is 6.92 Å². The van der Waals surface area contributed by atoms with Crippen molar-refractivity contribution in [1.29, 1.82) is 0 Å². The minimum atomic E-state index is -4.79. The molecular formula is C13H14F4N2O. The first-order chi connectivity index (χ1) is 9.22. The van der Waals surface area contributed by atoms with Crippen molar-refractivity contribution in [2.75, 3.05) is 18.4 Å². The van der Waals surface area contributed by atoms with Crippen molar-refractivity contribution in [1.82, 2.24) is 5.32 Å². The number of nitrogens with one attached hydrogen (secondary N) is 2. The summed E-state index contributed by atoms with van der Waals surface area (Å²) >= 11 is 0. The van der Waals surface area contributed by atoms with Crippen molar-refractivity contribution in [2.45, 2.75) is 19.5 Å². The third-order valence-electron chi connectivity index (χ3n) is 3.45. The summed E-state index contributed by atoms with van der Waals surface area (Å²) < 4.78 is 50.9. The van der Waals surface area contributed by atoms with E-state index < -0.39 is 23.0 Å². The summed E-state index contributed by atoms with van der Waals surface area (Å²) in [5.74, 6) is -1.73. The number of alkyl halides is 3. The molecule has 0 aromatic heterocycles. The molecule has 20 heavy (non-hydrogen) atoms. The van der Waals surface area contributed by atoms with Gasteiger partial charge in [-0.1, -0.05) is 0 Å². The van der Waals surface area contributed by atoms with Gasteiger partial charge >= 0.3 is 6.18 Å². The highest BCUT2D eigenvalue weighted by atomic mass is 19.4. The maximum Gasteiger partial charge on any atom is 0.419 e. The lowest BCUT2D eigenvalue weighted by Crippen LogP contribution is -2.35. The molecule has 0 spiro atoms. The number of amides is 1. The molecule has 0 aliphatic carbocycles. The van der Waals surface area contributed by atoms with Crippen LogP contribution in [0.25, 0.3) is 0 Å². The second-order valence-electron chi connectivity index (χ2n) is 5.13. The van der Waals surface area contributed by atoms with E-state index in [0.29, 0.717) is 31.6 Å². The Kier molecular flexibility index (Phi) is 3.73. The molecule has 3 nitrogen and oxygen atoms in total. The zero-order valence-corrected chi connectivity index (χ0v) is 10.8. The smallest absolute Gasteiger partial charge is 0.326 e. The zero-order valence-electron chi connectivity index (χ0n) is 10.8. The van der Waals surface area contributed by atoms with Gasteiger partial charge < -0.3 is 10.6 Å². The summed E-state index contributed by atoms with van der Waals surface area (Å²) in [5.41, 5.74) is -2.10. The first kappa shape index (κ1) is 14.8. The van der Waals surface area contributed by atoms with Gasteiger partial charge in [-0.05, 0) is 38.1 Å². The van der Waals surface area contributed by atoms with E-state index >= 15 is 0 Å². The van der Waals surface area contributed by atoms with E-state index in [0.717, 1.165) is 6.07 Å². The Morgan fingerprint density at radius 2 is 2.10 bits per heavy atom. The Balaban J connectivity index is 2.20. The highest BCUT2D eigenvalue weighted by molar-refractivity contribution is 5.95. The lowest BCUT2D eigenvalue weighted by atomic mass is 9.88. The minimum Gasteiger partial charge on any atom is -0.326 e. The van der Waals surface area contributed by atoms with E-state index in [-0.39, 0.29) is 11.6 Å². The van der Waals surface area contributed by atoms with Gasteiger partial charge in [-0.2, -0.15) is 13.2 Å². The number of anilines is 1. The van der Waals surface area contributed by atoms with Crippen LogP contribution in [0.3, 0.4) is 0 Å². The molecule has 1 unspecified atom stereocenters. The molecule has 1 aromatic carbocycles. The molecule has 1 saturated heterocycles. The maximum atomic E-state index is 13.1. The predicted octanol–water partition coefficient (Wildman–Crippen LogP) is 2.78. The molecular weight excluding hydrogens is 276 g/mol. The lowest BCUT2D eigenvalue weighted by molar-refractivity contribution is -0.140. The Labute approximate surface area is 113 Å². The SMILES string of the molecule is CC1(C(=O)Nc2ccc(F)c(C(F)(F)F)c2)CCNC1. The van der Waals surface area contributed by atoms with Crippen LogP contribution in [0.1, 0.15) is 18.9 Å². The molecule has 1 aromatic rings. The van der Waals surface area contributed by atoms with Gasteiger partial charge in [0.2, 0.25) is 5.91 Å². The summed E-state index contributed by atoms with van der Waals surface area (Å²) in [6.45, 7) is 2.88. The molecule has 1 aliphatic rings. The Morgan fingerprint density at radius 3 is 2.65 bits per heavy atom. The highest BCUT2D eigenvalue weighted by Gasteiger charge is 2.37. The lowest BCUT2D eigenvalue weighted by Gasteiger charge is -2.21. The fourth-order valence-electron chi connectivity index (χ4n) is 2.11. The first-order valence-electron chi connectivity index (χ1n) is 6.11.